The number of aryl methyl sites for hydroxylation is 2. The van der Waals surface area contributed by atoms with Crippen molar-refractivity contribution >= 4 is 40.0 Å². The molecule has 0 aliphatic carbocycles. The zero-order valence-corrected chi connectivity index (χ0v) is 19.9. The van der Waals surface area contributed by atoms with Crippen molar-refractivity contribution in [2.24, 2.45) is 0 Å². The van der Waals surface area contributed by atoms with E-state index in [4.69, 9.17) is 11.6 Å². The summed E-state index contributed by atoms with van der Waals surface area (Å²) in [7, 11) is 0. The van der Waals surface area contributed by atoms with Gasteiger partial charge in [-0.05, 0) is 38.8 Å². The molecular formula is C21H24ClIN4S. The zero-order chi connectivity index (χ0) is 19.0. The highest BCUT2D eigenvalue weighted by atomic mass is 127. The predicted octanol–water partition coefficient (Wildman–Crippen LogP) is 1.57. The molecule has 3 heterocycles. The maximum Gasteiger partial charge on any atom is 0.285 e. The van der Waals surface area contributed by atoms with Gasteiger partial charge in [-0.1, -0.05) is 11.6 Å². The number of imidazole rings is 1. The van der Waals surface area contributed by atoms with Gasteiger partial charge in [-0.2, -0.15) is 5.26 Å². The maximum atomic E-state index is 9.38. The third-order valence-electron chi connectivity index (χ3n) is 5.44. The van der Waals surface area contributed by atoms with E-state index in [0.29, 0.717) is 10.6 Å². The Hall–Kier alpha value is -1.17. The summed E-state index contributed by atoms with van der Waals surface area (Å²) in [6.45, 7) is 8.45. The van der Waals surface area contributed by atoms with Gasteiger partial charge >= 0.3 is 0 Å². The number of benzene rings is 1. The SMILES string of the molecule is CCN1CCSC1=CC=C1CCC[n+]2c1n(CC)c1cc(Cl)c(C#N)cc12.[I-]. The lowest BCUT2D eigenvalue weighted by Gasteiger charge is -2.16. The van der Waals surface area contributed by atoms with Crippen molar-refractivity contribution in [3.63, 3.8) is 0 Å². The van der Waals surface area contributed by atoms with Gasteiger partial charge in [0, 0.05) is 36.5 Å². The molecule has 0 radical (unpaired) electrons. The van der Waals surface area contributed by atoms with Crippen molar-refractivity contribution in [2.45, 2.75) is 39.8 Å². The van der Waals surface area contributed by atoms with Crippen molar-refractivity contribution in [3.05, 3.63) is 45.7 Å². The second-order valence-electron chi connectivity index (χ2n) is 6.88. The van der Waals surface area contributed by atoms with Crippen LogP contribution in [0.25, 0.3) is 16.6 Å². The summed E-state index contributed by atoms with van der Waals surface area (Å²) < 4.78 is 4.70. The number of hydrogen-bond donors (Lipinski definition) is 0. The van der Waals surface area contributed by atoms with Gasteiger partial charge in [0.1, 0.15) is 6.07 Å². The molecule has 1 aromatic carbocycles. The van der Waals surface area contributed by atoms with Crippen LogP contribution < -0.4 is 28.5 Å². The summed E-state index contributed by atoms with van der Waals surface area (Å²) in [5.41, 5.74) is 4.13. The predicted molar refractivity (Wildman–Crippen MR) is 113 cm³/mol. The van der Waals surface area contributed by atoms with Gasteiger partial charge in [-0.3, -0.25) is 0 Å². The van der Waals surface area contributed by atoms with Crippen LogP contribution >= 0.6 is 23.4 Å². The highest BCUT2D eigenvalue weighted by Crippen LogP contribution is 2.32. The molecule has 7 heteroatoms. The van der Waals surface area contributed by atoms with Crippen LogP contribution in [0.5, 0.6) is 0 Å². The average Bonchev–Trinajstić information content (AvgIpc) is 3.27. The number of rotatable bonds is 3. The molecule has 148 valence electrons. The van der Waals surface area contributed by atoms with Gasteiger partial charge in [0.05, 0.1) is 28.7 Å². The Kier molecular flexibility index (Phi) is 7.00. The standard InChI is InChI=1S/C21H24ClN4S.HI/c1-3-24-10-11-27-20(24)8-7-15-6-5-9-26-18-12-16(14-23)17(22)13-19(18)25(4-2)21(15)26;/h7-8,12-13H,3-6,9-11H2,1-2H3;1H/q+1;/p-1. The van der Waals surface area contributed by atoms with Crippen LogP contribution in [0.4, 0.5) is 0 Å². The molecule has 0 N–H and O–H groups in total. The molecule has 2 aliphatic heterocycles. The second kappa shape index (κ2) is 9.10. The van der Waals surface area contributed by atoms with Crippen molar-refractivity contribution in [3.8, 4) is 6.07 Å². The molecule has 0 saturated carbocycles. The Morgan fingerprint density at radius 1 is 1.29 bits per heavy atom. The molecule has 4 rings (SSSR count). The largest absolute Gasteiger partial charge is 1.00 e. The van der Waals surface area contributed by atoms with Crippen LogP contribution in [0.2, 0.25) is 5.02 Å². The summed E-state index contributed by atoms with van der Waals surface area (Å²) in [6, 6.07) is 6.11. The molecule has 28 heavy (non-hydrogen) atoms. The molecule has 0 unspecified atom stereocenters. The van der Waals surface area contributed by atoms with Gasteiger partial charge in [0.2, 0.25) is 0 Å². The van der Waals surface area contributed by atoms with Crippen LogP contribution in [0, 0.1) is 11.3 Å². The number of hydrogen-bond acceptors (Lipinski definition) is 3. The zero-order valence-electron chi connectivity index (χ0n) is 16.2. The van der Waals surface area contributed by atoms with E-state index in [1.54, 1.807) is 0 Å². The van der Waals surface area contributed by atoms with E-state index in [9.17, 15) is 5.26 Å². The number of fused-ring (bicyclic) bond motifs is 3. The van der Waals surface area contributed by atoms with E-state index in [0.717, 1.165) is 50.1 Å². The third-order valence-corrected chi connectivity index (χ3v) is 6.83. The van der Waals surface area contributed by atoms with Crippen molar-refractivity contribution < 1.29 is 28.5 Å². The molecule has 1 fully saturated rings. The minimum absolute atomic E-state index is 0. The van der Waals surface area contributed by atoms with Gasteiger partial charge in [-0.25, -0.2) is 9.13 Å². The fourth-order valence-corrected chi connectivity index (χ4v) is 5.42. The Morgan fingerprint density at radius 3 is 2.82 bits per heavy atom. The fourth-order valence-electron chi connectivity index (χ4n) is 4.13. The van der Waals surface area contributed by atoms with E-state index >= 15 is 0 Å². The van der Waals surface area contributed by atoms with Crippen molar-refractivity contribution in [1.82, 2.24) is 9.47 Å². The smallest absolute Gasteiger partial charge is 0.285 e. The second-order valence-corrected chi connectivity index (χ2v) is 8.40. The van der Waals surface area contributed by atoms with Crippen LogP contribution in [-0.2, 0) is 13.1 Å². The molecular weight excluding hydrogens is 503 g/mol. The molecule has 0 amide bonds. The van der Waals surface area contributed by atoms with E-state index in [1.165, 1.54) is 22.2 Å². The van der Waals surface area contributed by atoms with Gasteiger partial charge < -0.3 is 28.9 Å². The summed E-state index contributed by atoms with van der Waals surface area (Å²) in [6.07, 6.45) is 6.79. The van der Waals surface area contributed by atoms with Crippen molar-refractivity contribution in [2.75, 3.05) is 18.8 Å². The minimum atomic E-state index is 0. The van der Waals surface area contributed by atoms with E-state index in [-0.39, 0.29) is 24.0 Å². The first-order valence-electron chi connectivity index (χ1n) is 9.62. The first kappa shape index (κ1) is 21.5. The number of allylic oxidation sites excluding steroid dienone is 3. The number of nitrogens with zero attached hydrogens (tertiary/aromatic N) is 4. The van der Waals surface area contributed by atoms with E-state index < -0.39 is 0 Å². The average molecular weight is 527 g/mol. The number of halogens is 2. The summed E-state index contributed by atoms with van der Waals surface area (Å²) in [4.78, 5) is 2.44. The maximum absolute atomic E-state index is 9.38. The van der Waals surface area contributed by atoms with E-state index in [2.05, 4.69) is 46.1 Å². The summed E-state index contributed by atoms with van der Waals surface area (Å²) in [5, 5.41) is 11.3. The Balaban J connectivity index is 0.00000225. The number of aromatic nitrogens is 2. The molecule has 1 saturated heterocycles. The topological polar surface area (TPSA) is 35.8 Å². The highest BCUT2D eigenvalue weighted by Gasteiger charge is 2.31. The Morgan fingerprint density at radius 2 is 2.11 bits per heavy atom. The lowest BCUT2D eigenvalue weighted by molar-refractivity contribution is -0.678. The number of nitriles is 1. The molecule has 0 spiro atoms. The quantitative estimate of drug-likeness (QED) is 0.450. The summed E-state index contributed by atoms with van der Waals surface area (Å²) >= 11 is 8.28. The van der Waals surface area contributed by atoms with Crippen LogP contribution in [0.15, 0.2) is 29.3 Å². The van der Waals surface area contributed by atoms with Crippen molar-refractivity contribution in [1.29, 1.82) is 5.26 Å². The van der Waals surface area contributed by atoms with E-state index in [1.807, 2.05) is 23.9 Å². The lowest BCUT2D eigenvalue weighted by atomic mass is 10.1. The monoisotopic (exact) mass is 526 g/mol. The van der Waals surface area contributed by atoms with Crippen LogP contribution in [0.3, 0.4) is 0 Å². The lowest BCUT2D eigenvalue weighted by Crippen LogP contribution is -3.00. The normalized spacial score (nSPS) is 19.1. The minimum Gasteiger partial charge on any atom is -1.00 e. The first-order chi connectivity index (χ1) is 13.2. The Labute approximate surface area is 192 Å². The van der Waals surface area contributed by atoms with Gasteiger partial charge in [0.15, 0.2) is 11.0 Å². The van der Waals surface area contributed by atoms with Gasteiger partial charge in [-0.15, -0.1) is 11.8 Å². The molecule has 0 atom stereocenters. The molecule has 4 nitrogen and oxygen atoms in total. The third kappa shape index (κ3) is 3.69. The molecule has 1 aromatic heterocycles. The molecule has 0 bridgehead atoms. The van der Waals surface area contributed by atoms with Crippen LogP contribution in [-0.4, -0.2) is 28.3 Å². The molecule has 2 aliphatic rings. The van der Waals surface area contributed by atoms with Gasteiger partial charge in [0.25, 0.3) is 5.82 Å². The first-order valence-corrected chi connectivity index (χ1v) is 11.0. The Bertz CT molecular complexity index is 1000. The highest BCUT2D eigenvalue weighted by molar-refractivity contribution is 8.03. The fraction of sp³-hybridized carbons (Fsp3) is 0.429. The summed E-state index contributed by atoms with van der Waals surface area (Å²) in [5.74, 6) is 2.43. The molecule has 2 aromatic rings. The van der Waals surface area contributed by atoms with Crippen LogP contribution in [0.1, 0.15) is 38.1 Å². The number of thioether (sulfide) groups is 1.